The van der Waals surface area contributed by atoms with Gasteiger partial charge in [0.05, 0.1) is 11.5 Å². The van der Waals surface area contributed by atoms with Crippen molar-refractivity contribution in [3.05, 3.63) is 47.8 Å². The molecule has 1 fully saturated rings. The highest BCUT2D eigenvalue weighted by Gasteiger charge is 2.33. The molecular weight excluding hydrogens is 368 g/mol. The van der Waals surface area contributed by atoms with Gasteiger partial charge in [-0.15, -0.1) is 0 Å². The summed E-state index contributed by atoms with van der Waals surface area (Å²) in [6, 6.07) is 8.03. The highest BCUT2D eigenvalue weighted by atomic mass is 32.2. The van der Waals surface area contributed by atoms with E-state index in [0.717, 1.165) is 0 Å². The fourth-order valence-electron chi connectivity index (χ4n) is 2.91. The van der Waals surface area contributed by atoms with Crippen molar-refractivity contribution in [2.24, 2.45) is 0 Å². The Balaban J connectivity index is 1.76. The molecule has 1 N–H and O–H groups in total. The maximum absolute atomic E-state index is 12.7. The molecule has 1 unspecified atom stereocenters. The first-order valence-electron chi connectivity index (χ1n) is 8.44. The Hall–Kier alpha value is -2.81. The van der Waals surface area contributed by atoms with Crippen LogP contribution in [0.15, 0.2) is 36.5 Å². The molecule has 3 rings (SSSR count). The van der Waals surface area contributed by atoms with Gasteiger partial charge in [0.1, 0.15) is 5.69 Å². The summed E-state index contributed by atoms with van der Waals surface area (Å²) in [5.41, 5.74) is 1.35. The van der Waals surface area contributed by atoms with Gasteiger partial charge < -0.3 is 10.2 Å². The predicted octanol–water partition coefficient (Wildman–Crippen LogP) is 1.68. The molecule has 0 spiro atoms. The number of carbonyl (C=O) groups excluding carboxylic acids is 2. The zero-order valence-corrected chi connectivity index (χ0v) is 15.9. The number of amides is 1. The van der Waals surface area contributed by atoms with Crippen LogP contribution >= 0.6 is 0 Å². The zero-order valence-electron chi connectivity index (χ0n) is 15.0. The first-order valence-corrected chi connectivity index (χ1v) is 10.3. The second-order valence-electron chi connectivity index (χ2n) is 6.50. The van der Waals surface area contributed by atoms with Crippen LogP contribution in [-0.2, 0) is 9.84 Å². The molecule has 9 heteroatoms. The van der Waals surface area contributed by atoms with Gasteiger partial charge >= 0.3 is 0 Å². The monoisotopic (exact) mass is 388 g/mol. The van der Waals surface area contributed by atoms with E-state index in [-0.39, 0.29) is 40.9 Å². The number of anilines is 2. The van der Waals surface area contributed by atoms with Crippen molar-refractivity contribution in [2.75, 3.05) is 23.9 Å². The molecule has 1 aliphatic rings. The Labute approximate surface area is 157 Å². The van der Waals surface area contributed by atoms with E-state index < -0.39 is 9.84 Å². The van der Waals surface area contributed by atoms with Crippen LogP contribution in [0.4, 0.5) is 11.6 Å². The van der Waals surface area contributed by atoms with E-state index in [2.05, 4.69) is 15.3 Å². The largest absolute Gasteiger partial charge is 0.336 e. The molecule has 0 aliphatic carbocycles. The van der Waals surface area contributed by atoms with Gasteiger partial charge in [-0.3, -0.25) is 9.59 Å². The van der Waals surface area contributed by atoms with Crippen molar-refractivity contribution in [3.63, 3.8) is 0 Å². The third-order valence-corrected chi connectivity index (χ3v) is 6.23. The average molecular weight is 388 g/mol. The Morgan fingerprint density at radius 1 is 1.26 bits per heavy atom. The number of Topliss-reactive ketones (excluding diaryl/α,β-unsaturated/α-hetero) is 1. The Morgan fingerprint density at radius 2 is 2.04 bits per heavy atom. The topological polar surface area (TPSA) is 109 Å². The Bertz CT molecular complexity index is 990. The highest BCUT2D eigenvalue weighted by molar-refractivity contribution is 7.91. The third-order valence-electron chi connectivity index (χ3n) is 4.48. The SMILES string of the molecule is CC(=O)c1cccc(Nc2nccc(C(=O)N(C)C3CCS(=O)(=O)C3)n2)c1. The van der Waals surface area contributed by atoms with Crippen LogP contribution < -0.4 is 5.32 Å². The normalized spacial score (nSPS) is 18.1. The van der Waals surface area contributed by atoms with Gasteiger partial charge in [-0.2, -0.15) is 0 Å². The maximum Gasteiger partial charge on any atom is 0.272 e. The molecule has 1 amide bonds. The number of sulfone groups is 1. The number of nitrogens with zero attached hydrogens (tertiary/aromatic N) is 3. The molecule has 8 nitrogen and oxygen atoms in total. The number of rotatable bonds is 5. The second kappa shape index (κ2) is 7.43. The molecule has 1 aliphatic heterocycles. The maximum atomic E-state index is 12.7. The van der Waals surface area contributed by atoms with Crippen molar-refractivity contribution in [1.82, 2.24) is 14.9 Å². The second-order valence-corrected chi connectivity index (χ2v) is 8.73. The summed E-state index contributed by atoms with van der Waals surface area (Å²) in [4.78, 5) is 33.9. The molecule has 2 heterocycles. The first-order chi connectivity index (χ1) is 12.7. The number of nitrogens with one attached hydrogen (secondary N) is 1. The fourth-order valence-corrected chi connectivity index (χ4v) is 4.68. The zero-order chi connectivity index (χ0) is 19.6. The predicted molar refractivity (Wildman–Crippen MR) is 101 cm³/mol. The molecule has 1 atom stereocenters. The van der Waals surface area contributed by atoms with E-state index in [1.807, 2.05) is 0 Å². The van der Waals surface area contributed by atoms with Crippen molar-refractivity contribution < 1.29 is 18.0 Å². The highest BCUT2D eigenvalue weighted by Crippen LogP contribution is 2.19. The Kier molecular flexibility index (Phi) is 5.22. The summed E-state index contributed by atoms with van der Waals surface area (Å²) >= 11 is 0. The number of hydrogen-bond donors (Lipinski definition) is 1. The van der Waals surface area contributed by atoms with Crippen molar-refractivity contribution in [3.8, 4) is 0 Å². The molecule has 1 aromatic heterocycles. The first kappa shape index (κ1) is 19.0. The molecule has 0 radical (unpaired) electrons. The quantitative estimate of drug-likeness (QED) is 0.776. The van der Waals surface area contributed by atoms with E-state index in [1.165, 1.54) is 24.1 Å². The van der Waals surface area contributed by atoms with Gasteiger partial charge in [0.25, 0.3) is 5.91 Å². The summed E-state index contributed by atoms with van der Waals surface area (Å²) < 4.78 is 23.3. The van der Waals surface area contributed by atoms with Crippen LogP contribution in [0.2, 0.25) is 0 Å². The third kappa shape index (κ3) is 4.48. The van der Waals surface area contributed by atoms with Crippen LogP contribution in [-0.4, -0.2) is 59.6 Å². The lowest BCUT2D eigenvalue weighted by Gasteiger charge is -2.23. The molecule has 2 aromatic rings. The number of hydrogen-bond acceptors (Lipinski definition) is 7. The summed E-state index contributed by atoms with van der Waals surface area (Å²) in [5, 5.41) is 2.97. The van der Waals surface area contributed by atoms with E-state index in [4.69, 9.17) is 0 Å². The van der Waals surface area contributed by atoms with Gasteiger partial charge in [0.2, 0.25) is 5.95 Å². The summed E-state index contributed by atoms with van der Waals surface area (Å²) in [5.74, 6) is -0.132. The van der Waals surface area contributed by atoms with E-state index >= 15 is 0 Å². The number of benzene rings is 1. The Morgan fingerprint density at radius 3 is 2.70 bits per heavy atom. The van der Waals surface area contributed by atoms with Gasteiger partial charge in [-0.05, 0) is 31.5 Å². The standard InChI is InChI=1S/C18H20N4O4S/c1-12(23)13-4-3-5-14(10-13)20-18-19-8-6-16(21-18)17(24)22(2)15-7-9-27(25,26)11-15/h3-6,8,10,15H,7,9,11H2,1-2H3,(H,19,20,21). The molecule has 0 bridgehead atoms. The van der Waals surface area contributed by atoms with Crippen molar-refractivity contribution >= 4 is 33.2 Å². The van der Waals surface area contributed by atoms with Crippen molar-refractivity contribution in [2.45, 2.75) is 19.4 Å². The van der Waals surface area contributed by atoms with E-state index in [0.29, 0.717) is 17.7 Å². The van der Waals surface area contributed by atoms with Crippen LogP contribution in [0.3, 0.4) is 0 Å². The van der Waals surface area contributed by atoms with Gasteiger partial charge in [0, 0.05) is 30.5 Å². The number of carbonyl (C=O) groups is 2. The van der Waals surface area contributed by atoms with Crippen LogP contribution in [0.1, 0.15) is 34.2 Å². The molecular formula is C18H20N4O4S. The average Bonchev–Trinajstić information content (AvgIpc) is 3.00. The van der Waals surface area contributed by atoms with Crippen molar-refractivity contribution in [1.29, 1.82) is 0 Å². The lowest BCUT2D eigenvalue weighted by atomic mass is 10.1. The molecule has 27 heavy (non-hydrogen) atoms. The van der Waals surface area contributed by atoms with Crippen LogP contribution in [0.5, 0.6) is 0 Å². The summed E-state index contributed by atoms with van der Waals surface area (Å²) in [7, 11) is -1.50. The molecule has 142 valence electrons. The van der Waals surface area contributed by atoms with Crippen LogP contribution in [0, 0.1) is 0 Å². The lowest BCUT2D eigenvalue weighted by molar-refractivity contribution is 0.0741. The molecule has 1 aromatic carbocycles. The lowest BCUT2D eigenvalue weighted by Crippen LogP contribution is -2.38. The van der Waals surface area contributed by atoms with Gasteiger partial charge in [0.15, 0.2) is 15.6 Å². The minimum atomic E-state index is -3.08. The van der Waals surface area contributed by atoms with Gasteiger partial charge in [-0.25, -0.2) is 18.4 Å². The fraction of sp³-hybridized carbons (Fsp3) is 0.333. The van der Waals surface area contributed by atoms with Crippen LogP contribution in [0.25, 0.3) is 0 Å². The smallest absolute Gasteiger partial charge is 0.272 e. The molecule has 0 saturated carbocycles. The minimum absolute atomic E-state index is 0.0245. The molecule has 1 saturated heterocycles. The minimum Gasteiger partial charge on any atom is -0.336 e. The summed E-state index contributed by atoms with van der Waals surface area (Å²) in [6.07, 6.45) is 1.88. The van der Waals surface area contributed by atoms with Gasteiger partial charge in [-0.1, -0.05) is 12.1 Å². The number of aromatic nitrogens is 2. The van der Waals surface area contributed by atoms with E-state index in [1.54, 1.807) is 31.3 Å². The van der Waals surface area contributed by atoms with E-state index in [9.17, 15) is 18.0 Å². The summed E-state index contributed by atoms with van der Waals surface area (Å²) in [6.45, 7) is 1.48. The number of ketones is 1.